The van der Waals surface area contributed by atoms with Crippen LogP contribution in [0.5, 0.6) is 5.75 Å². The minimum atomic E-state index is -4.59. The average Bonchev–Trinajstić information content (AvgIpc) is 3.53. The van der Waals surface area contributed by atoms with E-state index < -0.39 is 30.2 Å². The number of ether oxygens (including phenoxy) is 1. The van der Waals surface area contributed by atoms with Gasteiger partial charge in [0.1, 0.15) is 11.4 Å². The van der Waals surface area contributed by atoms with Crippen molar-refractivity contribution in [1.82, 2.24) is 16.0 Å². The van der Waals surface area contributed by atoms with Gasteiger partial charge in [-0.15, -0.1) is 0 Å². The van der Waals surface area contributed by atoms with Gasteiger partial charge in [0.25, 0.3) is 5.91 Å². The molecule has 1 saturated carbocycles. The SMILES string of the molecule is CC(NC(=O)C1=C[C@H](C)N=C(NC(=O)C2CC2)N1)c1ccc(OC(F)(F)C(F)F)cc1. The largest absolute Gasteiger partial charge is 0.461 e. The molecule has 1 aliphatic carbocycles. The molecule has 2 atom stereocenters. The third-order valence-electron chi connectivity index (χ3n) is 4.66. The van der Waals surface area contributed by atoms with Gasteiger partial charge in [0.15, 0.2) is 0 Å². The number of halogens is 4. The summed E-state index contributed by atoms with van der Waals surface area (Å²) in [5.41, 5.74) is 0.749. The Hall–Kier alpha value is -3.11. The van der Waals surface area contributed by atoms with Crippen LogP contribution in [0, 0.1) is 5.92 Å². The number of carbonyl (C=O) groups excluding carboxylic acids is 2. The fourth-order valence-electron chi connectivity index (χ4n) is 2.83. The van der Waals surface area contributed by atoms with Gasteiger partial charge in [-0.2, -0.15) is 17.6 Å². The maximum Gasteiger partial charge on any atom is 0.461 e. The van der Waals surface area contributed by atoms with E-state index in [-0.39, 0.29) is 29.5 Å². The van der Waals surface area contributed by atoms with Crippen molar-refractivity contribution in [3.63, 3.8) is 0 Å². The molecule has 2 aliphatic rings. The average molecular weight is 442 g/mol. The maximum atomic E-state index is 13.0. The van der Waals surface area contributed by atoms with Crippen molar-refractivity contribution in [2.75, 3.05) is 0 Å². The van der Waals surface area contributed by atoms with Gasteiger partial charge in [-0.3, -0.25) is 14.9 Å². The van der Waals surface area contributed by atoms with E-state index in [1.807, 2.05) is 0 Å². The summed E-state index contributed by atoms with van der Waals surface area (Å²) >= 11 is 0. The quantitative estimate of drug-likeness (QED) is 0.567. The third kappa shape index (κ3) is 5.96. The summed E-state index contributed by atoms with van der Waals surface area (Å²) in [5, 5.41) is 8.19. The molecular weight excluding hydrogens is 420 g/mol. The highest BCUT2D eigenvalue weighted by molar-refractivity contribution is 6.04. The van der Waals surface area contributed by atoms with Gasteiger partial charge in [-0.25, -0.2) is 4.99 Å². The third-order valence-corrected chi connectivity index (χ3v) is 4.66. The molecule has 3 rings (SSSR count). The Morgan fingerprint density at radius 3 is 2.45 bits per heavy atom. The van der Waals surface area contributed by atoms with Crippen LogP contribution in [-0.4, -0.2) is 36.3 Å². The normalized spacial score (nSPS) is 19.6. The molecule has 3 N–H and O–H groups in total. The zero-order valence-corrected chi connectivity index (χ0v) is 16.8. The number of nitrogens with one attached hydrogen (secondary N) is 3. The maximum absolute atomic E-state index is 13.0. The summed E-state index contributed by atoms with van der Waals surface area (Å²) in [4.78, 5) is 28.8. The predicted molar refractivity (Wildman–Crippen MR) is 104 cm³/mol. The Labute approximate surface area is 175 Å². The van der Waals surface area contributed by atoms with Crippen molar-refractivity contribution in [1.29, 1.82) is 0 Å². The number of hydrogen-bond acceptors (Lipinski definition) is 5. The summed E-state index contributed by atoms with van der Waals surface area (Å²) in [6, 6.07) is 4.14. The first-order valence-corrected chi connectivity index (χ1v) is 9.68. The number of amides is 2. The summed E-state index contributed by atoms with van der Waals surface area (Å²) in [6.07, 6.45) is -5.28. The lowest BCUT2D eigenvalue weighted by Gasteiger charge is -2.22. The Morgan fingerprint density at radius 1 is 1.23 bits per heavy atom. The standard InChI is InChI=1S/C20H22F4N4O3/c1-10-9-15(27-19(25-10)28-16(29)13-3-4-13)17(30)26-11(2)12-5-7-14(8-6-12)31-20(23,24)18(21)22/h5-11,13,18H,3-4H2,1-2H3,(H,26,30)(H2,25,27,28,29)/t10-,11?/m0/s1. The summed E-state index contributed by atoms with van der Waals surface area (Å²) in [6.45, 7) is 3.42. The highest BCUT2D eigenvalue weighted by atomic mass is 19.3. The van der Waals surface area contributed by atoms with Crippen molar-refractivity contribution in [2.45, 2.75) is 51.3 Å². The minimum absolute atomic E-state index is 0.0180. The Kier molecular flexibility index (Phi) is 6.51. The molecule has 1 aromatic rings. The lowest BCUT2D eigenvalue weighted by Crippen LogP contribution is -2.47. The predicted octanol–water partition coefficient (Wildman–Crippen LogP) is 2.86. The number of rotatable bonds is 7. The monoisotopic (exact) mass is 442 g/mol. The zero-order chi connectivity index (χ0) is 22.8. The van der Waals surface area contributed by atoms with E-state index in [0.717, 1.165) is 25.0 Å². The highest BCUT2D eigenvalue weighted by Crippen LogP contribution is 2.29. The van der Waals surface area contributed by atoms with E-state index in [9.17, 15) is 27.2 Å². The molecule has 168 valence electrons. The molecule has 0 bridgehead atoms. The molecule has 1 unspecified atom stereocenters. The van der Waals surface area contributed by atoms with Crippen molar-refractivity contribution in [2.24, 2.45) is 10.9 Å². The van der Waals surface area contributed by atoms with E-state index in [1.165, 1.54) is 12.1 Å². The number of guanidine groups is 1. The van der Waals surface area contributed by atoms with Gasteiger partial charge in [-0.1, -0.05) is 12.1 Å². The van der Waals surface area contributed by atoms with Gasteiger partial charge in [0, 0.05) is 5.92 Å². The van der Waals surface area contributed by atoms with Crippen molar-refractivity contribution >= 4 is 17.8 Å². The number of benzene rings is 1. The molecule has 0 spiro atoms. The van der Waals surface area contributed by atoms with Gasteiger partial charge in [0.2, 0.25) is 11.9 Å². The van der Waals surface area contributed by atoms with E-state index in [2.05, 4.69) is 25.7 Å². The van der Waals surface area contributed by atoms with Crippen molar-refractivity contribution in [3.05, 3.63) is 41.6 Å². The lowest BCUT2D eigenvalue weighted by atomic mass is 10.1. The van der Waals surface area contributed by atoms with Crippen LogP contribution < -0.4 is 20.7 Å². The molecule has 0 radical (unpaired) electrons. The molecule has 0 saturated heterocycles. The van der Waals surface area contributed by atoms with Crippen molar-refractivity contribution in [3.8, 4) is 5.75 Å². The van der Waals surface area contributed by atoms with Crippen LogP contribution in [0.4, 0.5) is 17.6 Å². The van der Waals surface area contributed by atoms with E-state index in [1.54, 1.807) is 19.9 Å². The van der Waals surface area contributed by atoms with E-state index >= 15 is 0 Å². The fraction of sp³-hybridized carbons (Fsp3) is 0.450. The number of carbonyl (C=O) groups is 2. The molecule has 1 aromatic carbocycles. The van der Waals surface area contributed by atoms with Gasteiger partial charge in [0.05, 0.1) is 12.1 Å². The zero-order valence-electron chi connectivity index (χ0n) is 16.8. The van der Waals surface area contributed by atoms with Gasteiger partial charge < -0.3 is 15.4 Å². The highest BCUT2D eigenvalue weighted by Gasteiger charge is 2.44. The smallest absolute Gasteiger partial charge is 0.428 e. The van der Waals surface area contributed by atoms with Crippen LogP contribution in [0.1, 0.15) is 38.3 Å². The Morgan fingerprint density at radius 2 is 1.87 bits per heavy atom. The van der Waals surface area contributed by atoms with Crippen molar-refractivity contribution < 1.29 is 31.9 Å². The fourth-order valence-corrected chi connectivity index (χ4v) is 2.83. The lowest BCUT2D eigenvalue weighted by molar-refractivity contribution is -0.253. The second kappa shape index (κ2) is 8.94. The molecule has 2 amide bonds. The van der Waals surface area contributed by atoms with Gasteiger partial charge in [-0.05, 0) is 50.5 Å². The second-order valence-corrected chi connectivity index (χ2v) is 7.42. The topological polar surface area (TPSA) is 91.8 Å². The molecule has 1 aliphatic heterocycles. The van der Waals surface area contributed by atoms with Crippen LogP contribution in [0.25, 0.3) is 0 Å². The summed E-state index contributed by atoms with van der Waals surface area (Å²) in [5.74, 6) is -0.850. The Bertz CT molecular complexity index is 898. The molecule has 11 heteroatoms. The molecule has 7 nitrogen and oxygen atoms in total. The van der Waals surface area contributed by atoms with Crippen LogP contribution in [-0.2, 0) is 9.59 Å². The first-order chi connectivity index (χ1) is 14.5. The number of hydrogen-bond donors (Lipinski definition) is 3. The van der Waals surface area contributed by atoms with E-state index in [4.69, 9.17) is 0 Å². The van der Waals surface area contributed by atoms with E-state index in [0.29, 0.717) is 5.56 Å². The summed E-state index contributed by atoms with van der Waals surface area (Å²) < 4.78 is 54.4. The van der Waals surface area contributed by atoms with Crippen LogP contribution >= 0.6 is 0 Å². The molecular formula is C20H22F4N4O3. The minimum Gasteiger partial charge on any atom is -0.428 e. The van der Waals surface area contributed by atoms with Crippen LogP contribution in [0.3, 0.4) is 0 Å². The molecule has 1 heterocycles. The molecule has 1 fully saturated rings. The first kappa shape index (κ1) is 22.6. The Balaban J connectivity index is 1.57. The summed E-state index contributed by atoms with van der Waals surface area (Å²) in [7, 11) is 0. The second-order valence-electron chi connectivity index (χ2n) is 7.42. The van der Waals surface area contributed by atoms with Crippen LogP contribution in [0.2, 0.25) is 0 Å². The molecule has 0 aromatic heterocycles. The van der Waals surface area contributed by atoms with Gasteiger partial charge >= 0.3 is 12.5 Å². The number of nitrogens with zero attached hydrogens (tertiary/aromatic N) is 1. The first-order valence-electron chi connectivity index (χ1n) is 9.68. The van der Waals surface area contributed by atoms with Crippen LogP contribution in [0.15, 0.2) is 41.0 Å². The molecule has 31 heavy (non-hydrogen) atoms. The number of aliphatic imine (C=N–C) groups is 1. The number of alkyl halides is 4.